The molecule has 71 heavy (non-hydrogen) atoms. The number of amides is 5. The van der Waals surface area contributed by atoms with Crippen molar-refractivity contribution in [3.05, 3.63) is 70.6 Å². The number of nitrogens with two attached hydrogens (primary N) is 1. The van der Waals surface area contributed by atoms with Crippen LogP contribution in [0.25, 0.3) is 10.4 Å². The molecule has 20 heteroatoms. The molecule has 382 valence electrons. The SMILES string of the molecule is CC(=O)N[C@H](C(=O)N1C[C@H](O)C[C@H]1C(=O)NCc1ccc(-c2scnc2C)cc1OCCC1CCN(C(=O)CC(=O)Nc2cccc(Sc3cnc(N4CCC(C)(CN)CC4)cn3)c2Cl)CC1)C(C)(C)C. The Bertz CT molecular complexity index is 2540. The van der Waals surface area contributed by atoms with Crippen molar-refractivity contribution < 1.29 is 33.8 Å². The van der Waals surface area contributed by atoms with Crippen LogP contribution in [-0.2, 0) is 30.5 Å². The van der Waals surface area contributed by atoms with E-state index in [1.807, 2.05) is 52.0 Å². The summed E-state index contributed by atoms with van der Waals surface area (Å²) in [5.41, 5.74) is 10.3. The van der Waals surface area contributed by atoms with Crippen LogP contribution < -0.4 is 31.3 Å². The number of rotatable bonds is 17. The van der Waals surface area contributed by atoms with Crippen molar-refractivity contribution in [2.75, 3.05) is 56.1 Å². The van der Waals surface area contributed by atoms with Crippen LogP contribution in [0, 0.1) is 23.7 Å². The van der Waals surface area contributed by atoms with Gasteiger partial charge in [0, 0.05) is 63.1 Å². The Labute approximate surface area is 429 Å². The third kappa shape index (κ3) is 13.8. The number of aromatic nitrogens is 3. The van der Waals surface area contributed by atoms with Crippen molar-refractivity contribution in [3.8, 4) is 16.2 Å². The number of hydrogen-bond acceptors (Lipinski definition) is 14. The fourth-order valence-electron chi connectivity index (χ4n) is 9.23. The van der Waals surface area contributed by atoms with Gasteiger partial charge in [-0.05, 0) is 86.1 Å². The van der Waals surface area contributed by atoms with Crippen LogP contribution in [0.2, 0.25) is 5.02 Å². The van der Waals surface area contributed by atoms with Gasteiger partial charge in [-0.1, -0.05) is 69.3 Å². The van der Waals surface area contributed by atoms with Crippen LogP contribution in [0.3, 0.4) is 0 Å². The van der Waals surface area contributed by atoms with Gasteiger partial charge in [0.1, 0.15) is 35.1 Å². The quantitative estimate of drug-likeness (QED) is 0.0719. The van der Waals surface area contributed by atoms with Gasteiger partial charge in [0.2, 0.25) is 29.5 Å². The minimum Gasteiger partial charge on any atom is -0.493 e. The maximum absolute atomic E-state index is 13.8. The van der Waals surface area contributed by atoms with Gasteiger partial charge in [-0.3, -0.25) is 24.0 Å². The molecule has 2 aromatic carbocycles. The second-order valence-corrected chi connectivity index (χ2v) is 22.6. The molecule has 3 aliphatic heterocycles. The number of β-amino-alcohol motifs (C(OH)–C–C–N with tert-alkyl or cyclic N) is 1. The van der Waals surface area contributed by atoms with Crippen LogP contribution in [0.1, 0.15) is 90.8 Å². The summed E-state index contributed by atoms with van der Waals surface area (Å²) in [5.74, 6) is -0.187. The smallest absolute Gasteiger partial charge is 0.246 e. The number of aryl methyl sites for hydroxylation is 1. The van der Waals surface area contributed by atoms with Gasteiger partial charge in [-0.15, -0.1) is 11.3 Å². The Kier molecular flexibility index (Phi) is 17.7. The Morgan fingerprint density at radius 1 is 1.04 bits per heavy atom. The molecule has 0 unspecified atom stereocenters. The fraction of sp³-hybridized carbons (Fsp3) is 0.529. The first kappa shape index (κ1) is 53.5. The van der Waals surface area contributed by atoms with Crippen LogP contribution >= 0.6 is 34.7 Å². The molecule has 4 aromatic rings. The summed E-state index contributed by atoms with van der Waals surface area (Å²) >= 11 is 9.64. The molecule has 5 heterocycles. The molecule has 3 atom stereocenters. The molecular formula is C51H67ClN10O7S2. The average molecular weight is 1030 g/mol. The number of benzene rings is 2. The topological polar surface area (TPSA) is 225 Å². The van der Waals surface area contributed by atoms with Gasteiger partial charge in [-0.2, -0.15) is 0 Å². The summed E-state index contributed by atoms with van der Waals surface area (Å²) in [6.45, 7) is 15.0. The molecule has 0 spiro atoms. The average Bonchev–Trinajstić information content (AvgIpc) is 3.96. The third-order valence-corrected chi connectivity index (χ3v) is 16.2. The number of carbonyl (C=O) groups excluding carboxylic acids is 5. The molecular weight excluding hydrogens is 964 g/mol. The number of carbonyl (C=O) groups is 5. The number of anilines is 2. The number of nitrogens with one attached hydrogen (secondary N) is 3. The number of piperidine rings is 2. The number of hydrogen-bond donors (Lipinski definition) is 5. The minimum atomic E-state index is -0.919. The van der Waals surface area contributed by atoms with Crippen LogP contribution in [0.5, 0.6) is 5.75 Å². The predicted octanol–water partition coefficient (Wildman–Crippen LogP) is 6.44. The maximum atomic E-state index is 13.8. The van der Waals surface area contributed by atoms with E-state index in [4.69, 9.17) is 22.1 Å². The number of ether oxygens (including phenoxy) is 1. The highest BCUT2D eigenvalue weighted by molar-refractivity contribution is 7.99. The van der Waals surface area contributed by atoms with Gasteiger partial charge >= 0.3 is 0 Å². The Balaban J connectivity index is 0.890. The highest BCUT2D eigenvalue weighted by Gasteiger charge is 2.44. The number of nitrogens with zero attached hydrogens (tertiary/aromatic N) is 6. The molecule has 3 aliphatic rings. The van der Waals surface area contributed by atoms with E-state index in [2.05, 4.69) is 42.7 Å². The summed E-state index contributed by atoms with van der Waals surface area (Å²) in [4.78, 5) is 86.8. The third-order valence-electron chi connectivity index (χ3n) is 13.8. The second kappa shape index (κ2) is 23.5. The van der Waals surface area contributed by atoms with E-state index in [-0.39, 0.29) is 49.1 Å². The Morgan fingerprint density at radius 2 is 1.79 bits per heavy atom. The van der Waals surface area contributed by atoms with Crippen LogP contribution in [0.15, 0.2) is 64.2 Å². The number of halogens is 1. The van der Waals surface area contributed by atoms with Crippen molar-refractivity contribution in [2.24, 2.45) is 22.5 Å². The summed E-state index contributed by atoms with van der Waals surface area (Å²) in [6.07, 6.45) is 6.62. The molecule has 0 saturated carbocycles. The second-order valence-electron chi connectivity index (χ2n) is 20.3. The number of aliphatic hydroxyl groups is 1. The standard InChI is InChI=1S/C51H67ClN10O7S2/c1-31-46(70-30-57-31)34-10-11-35(25-56-48(67)38-23-36(64)28-62(38)49(68)47(50(3,4)5)58-32(2)63)39(22-34)69-21-14-33-12-17-61(18-13-33)44(66)24-42(65)59-37-8-7-9-40(45(37)52)71-43-27-54-41(26-55-43)60-19-15-51(6,29-53)16-20-60/h7-11,22,26-27,30,33,36,38,47,64H,12-21,23-25,28-29,53H2,1-6H3,(H,56,67)(H,58,63)(H,59,65)/t36-,38+,47-/m1/s1. The van der Waals surface area contributed by atoms with E-state index >= 15 is 0 Å². The summed E-state index contributed by atoms with van der Waals surface area (Å²) in [6, 6.07) is 9.38. The van der Waals surface area contributed by atoms with Gasteiger partial charge in [0.05, 0.1) is 51.9 Å². The highest BCUT2D eigenvalue weighted by Crippen LogP contribution is 2.38. The minimum absolute atomic E-state index is 0.0174. The van der Waals surface area contributed by atoms with E-state index in [1.165, 1.54) is 34.9 Å². The van der Waals surface area contributed by atoms with E-state index in [1.54, 1.807) is 34.9 Å². The molecule has 3 saturated heterocycles. The fourth-order valence-corrected chi connectivity index (χ4v) is 11.1. The monoisotopic (exact) mass is 1030 g/mol. The molecule has 6 N–H and O–H groups in total. The van der Waals surface area contributed by atoms with Crippen molar-refractivity contribution in [1.82, 2.24) is 35.4 Å². The van der Waals surface area contributed by atoms with E-state index < -0.39 is 41.3 Å². The lowest BCUT2D eigenvalue weighted by Gasteiger charge is -2.39. The molecule has 17 nitrogen and oxygen atoms in total. The van der Waals surface area contributed by atoms with Gasteiger partial charge in [0.15, 0.2) is 0 Å². The van der Waals surface area contributed by atoms with Crippen molar-refractivity contribution in [3.63, 3.8) is 0 Å². The van der Waals surface area contributed by atoms with Crippen LogP contribution in [-0.4, -0.2) is 123 Å². The molecule has 0 bridgehead atoms. The van der Waals surface area contributed by atoms with Crippen LogP contribution in [0.4, 0.5) is 11.5 Å². The first-order chi connectivity index (χ1) is 33.8. The lowest BCUT2D eigenvalue weighted by Crippen LogP contribution is -2.57. The predicted molar refractivity (Wildman–Crippen MR) is 276 cm³/mol. The number of likely N-dealkylation sites (tertiary alicyclic amines) is 2. The lowest BCUT2D eigenvalue weighted by atomic mass is 9.80. The molecule has 0 aliphatic carbocycles. The zero-order chi connectivity index (χ0) is 51.0. The first-order valence-electron chi connectivity index (χ1n) is 24.3. The van der Waals surface area contributed by atoms with Gasteiger partial charge < -0.3 is 46.2 Å². The summed E-state index contributed by atoms with van der Waals surface area (Å²) in [7, 11) is 0. The zero-order valence-electron chi connectivity index (χ0n) is 41.5. The number of aliphatic hydroxyl groups excluding tert-OH is 1. The Hall–Kier alpha value is -5.34. The number of thiazole rings is 1. The lowest BCUT2D eigenvalue weighted by molar-refractivity contribution is -0.143. The molecule has 0 radical (unpaired) electrons. The summed E-state index contributed by atoms with van der Waals surface area (Å²) in [5, 5.41) is 20.2. The molecule has 2 aromatic heterocycles. The molecule has 5 amide bonds. The highest BCUT2D eigenvalue weighted by atomic mass is 35.5. The van der Waals surface area contributed by atoms with E-state index in [0.29, 0.717) is 52.6 Å². The van der Waals surface area contributed by atoms with Gasteiger partial charge in [0.25, 0.3) is 0 Å². The van der Waals surface area contributed by atoms with E-state index in [0.717, 1.165) is 72.7 Å². The summed E-state index contributed by atoms with van der Waals surface area (Å²) < 4.78 is 6.46. The first-order valence-corrected chi connectivity index (χ1v) is 26.4. The molecule has 7 rings (SSSR count). The normalized spacial score (nSPS) is 18.7. The van der Waals surface area contributed by atoms with E-state index in [9.17, 15) is 29.1 Å². The maximum Gasteiger partial charge on any atom is 0.246 e. The van der Waals surface area contributed by atoms with Gasteiger partial charge in [-0.25, -0.2) is 15.0 Å². The Morgan fingerprint density at radius 3 is 2.44 bits per heavy atom. The van der Waals surface area contributed by atoms with Crippen molar-refractivity contribution in [1.29, 1.82) is 0 Å². The van der Waals surface area contributed by atoms with Crippen molar-refractivity contribution in [2.45, 2.75) is 121 Å². The van der Waals surface area contributed by atoms with Crippen molar-refractivity contribution >= 4 is 75.7 Å². The molecule has 3 fully saturated rings. The zero-order valence-corrected chi connectivity index (χ0v) is 43.9. The largest absolute Gasteiger partial charge is 0.493 e.